The zero-order valence-corrected chi connectivity index (χ0v) is 10.7. The largest absolute Gasteiger partial charge is 0.488 e. The van der Waals surface area contributed by atoms with Crippen LogP contribution in [0.2, 0.25) is 10.0 Å². The SMILES string of the molecule is CC(CNC1CC1)Oc1cccc(Cl)c1Cl. The van der Waals surface area contributed by atoms with E-state index in [0.717, 1.165) is 6.54 Å². The molecule has 1 atom stereocenters. The predicted octanol–water partition coefficient (Wildman–Crippen LogP) is 3.51. The van der Waals surface area contributed by atoms with Crippen molar-refractivity contribution in [2.24, 2.45) is 0 Å². The summed E-state index contributed by atoms with van der Waals surface area (Å²) < 4.78 is 5.73. The van der Waals surface area contributed by atoms with Crippen LogP contribution in [0.3, 0.4) is 0 Å². The molecule has 4 heteroatoms. The van der Waals surface area contributed by atoms with Gasteiger partial charge in [0.15, 0.2) is 0 Å². The van der Waals surface area contributed by atoms with Gasteiger partial charge in [-0.3, -0.25) is 0 Å². The fourth-order valence-corrected chi connectivity index (χ4v) is 1.79. The maximum Gasteiger partial charge on any atom is 0.139 e. The summed E-state index contributed by atoms with van der Waals surface area (Å²) in [7, 11) is 0. The third-order valence-electron chi connectivity index (χ3n) is 2.52. The highest BCUT2D eigenvalue weighted by molar-refractivity contribution is 6.42. The van der Waals surface area contributed by atoms with Gasteiger partial charge in [0.2, 0.25) is 0 Å². The molecule has 1 aliphatic carbocycles. The Labute approximate surface area is 106 Å². The van der Waals surface area contributed by atoms with Crippen molar-refractivity contribution in [3.05, 3.63) is 28.2 Å². The third-order valence-corrected chi connectivity index (χ3v) is 3.32. The van der Waals surface area contributed by atoms with E-state index in [9.17, 15) is 0 Å². The number of benzene rings is 1. The summed E-state index contributed by atoms with van der Waals surface area (Å²) in [6.45, 7) is 2.86. The lowest BCUT2D eigenvalue weighted by atomic mass is 10.3. The quantitative estimate of drug-likeness (QED) is 0.874. The summed E-state index contributed by atoms with van der Waals surface area (Å²) in [6, 6.07) is 6.12. The van der Waals surface area contributed by atoms with Gasteiger partial charge in [0.1, 0.15) is 16.9 Å². The van der Waals surface area contributed by atoms with E-state index in [0.29, 0.717) is 21.8 Å². The van der Waals surface area contributed by atoms with E-state index in [2.05, 4.69) is 5.32 Å². The maximum absolute atomic E-state index is 6.03. The number of hydrogen-bond acceptors (Lipinski definition) is 2. The van der Waals surface area contributed by atoms with Gasteiger partial charge in [0, 0.05) is 12.6 Å². The molecule has 1 fully saturated rings. The number of rotatable bonds is 5. The Balaban J connectivity index is 1.88. The molecule has 0 aromatic heterocycles. The summed E-state index contributed by atoms with van der Waals surface area (Å²) in [5, 5.41) is 4.43. The molecule has 1 aliphatic rings. The molecular formula is C12H15Cl2NO. The minimum Gasteiger partial charge on any atom is -0.488 e. The van der Waals surface area contributed by atoms with Gasteiger partial charge in [-0.25, -0.2) is 0 Å². The van der Waals surface area contributed by atoms with Crippen LogP contribution in [-0.2, 0) is 0 Å². The molecule has 2 rings (SSSR count). The molecule has 0 radical (unpaired) electrons. The van der Waals surface area contributed by atoms with E-state index in [1.807, 2.05) is 19.1 Å². The lowest BCUT2D eigenvalue weighted by Crippen LogP contribution is -2.30. The van der Waals surface area contributed by atoms with Crippen LogP contribution in [0.25, 0.3) is 0 Å². The van der Waals surface area contributed by atoms with Crippen molar-refractivity contribution in [1.29, 1.82) is 0 Å². The van der Waals surface area contributed by atoms with Crippen LogP contribution in [0.4, 0.5) is 0 Å². The normalized spacial score (nSPS) is 17.2. The summed E-state index contributed by atoms with van der Waals surface area (Å²) in [5.41, 5.74) is 0. The molecule has 2 nitrogen and oxygen atoms in total. The van der Waals surface area contributed by atoms with Crippen LogP contribution < -0.4 is 10.1 Å². The van der Waals surface area contributed by atoms with Gasteiger partial charge in [0.05, 0.1) is 5.02 Å². The lowest BCUT2D eigenvalue weighted by Gasteiger charge is -2.16. The van der Waals surface area contributed by atoms with Gasteiger partial charge in [-0.05, 0) is 31.9 Å². The maximum atomic E-state index is 6.03. The molecule has 0 bridgehead atoms. The third kappa shape index (κ3) is 3.27. The van der Waals surface area contributed by atoms with Gasteiger partial charge < -0.3 is 10.1 Å². The summed E-state index contributed by atoms with van der Waals surface area (Å²) >= 11 is 11.9. The van der Waals surface area contributed by atoms with E-state index in [4.69, 9.17) is 27.9 Å². The van der Waals surface area contributed by atoms with Crippen molar-refractivity contribution in [3.63, 3.8) is 0 Å². The zero-order chi connectivity index (χ0) is 11.5. The number of ether oxygens (including phenoxy) is 1. The number of nitrogens with one attached hydrogen (secondary N) is 1. The Bertz CT molecular complexity index is 366. The second kappa shape index (κ2) is 5.26. The molecule has 1 N–H and O–H groups in total. The fourth-order valence-electron chi connectivity index (χ4n) is 1.45. The van der Waals surface area contributed by atoms with Gasteiger partial charge in [-0.2, -0.15) is 0 Å². The standard InChI is InChI=1S/C12H15Cl2NO/c1-8(7-15-9-5-6-9)16-11-4-2-3-10(13)12(11)14/h2-4,8-9,15H,5-7H2,1H3. The van der Waals surface area contributed by atoms with Crippen LogP contribution in [0.5, 0.6) is 5.75 Å². The lowest BCUT2D eigenvalue weighted by molar-refractivity contribution is 0.217. The summed E-state index contributed by atoms with van der Waals surface area (Å²) in [6.07, 6.45) is 2.66. The molecule has 0 spiro atoms. The molecule has 0 heterocycles. The minimum atomic E-state index is 0.0940. The first-order valence-electron chi connectivity index (χ1n) is 5.51. The van der Waals surface area contributed by atoms with Gasteiger partial charge >= 0.3 is 0 Å². The summed E-state index contributed by atoms with van der Waals surface area (Å²) in [4.78, 5) is 0. The Hall–Kier alpha value is -0.440. The van der Waals surface area contributed by atoms with Crippen LogP contribution in [-0.4, -0.2) is 18.7 Å². The molecule has 1 aromatic rings. The molecule has 0 aliphatic heterocycles. The molecular weight excluding hydrogens is 245 g/mol. The van der Waals surface area contributed by atoms with Crippen molar-refractivity contribution in [1.82, 2.24) is 5.32 Å². The van der Waals surface area contributed by atoms with E-state index in [-0.39, 0.29) is 6.10 Å². The Morgan fingerprint density at radius 2 is 2.19 bits per heavy atom. The minimum absolute atomic E-state index is 0.0940. The van der Waals surface area contributed by atoms with Crippen molar-refractivity contribution >= 4 is 23.2 Å². The smallest absolute Gasteiger partial charge is 0.139 e. The first kappa shape index (κ1) is 12.0. The summed E-state index contributed by atoms with van der Waals surface area (Å²) in [5.74, 6) is 0.652. The molecule has 88 valence electrons. The van der Waals surface area contributed by atoms with Crippen LogP contribution >= 0.6 is 23.2 Å². The second-order valence-corrected chi connectivity index (χ2v) is 4.95. The molecule has 0 saturated heterocycles. The fraction of sp³-hybridized carbons (Fsp3) is 0.500. The van der Waals surface area contributed by atoms with Crippen LogP contribution in [0, 0.1) is 0 Å². The molecule has 16 heavy (non-hydrogen) atoms. The first-order chi connectivity index (χ1) is 7.66. The van der Waals surface area contributed by atoms with Gasteiger partial charge in [-0.15, -0.1) is 0 Å². The van der Waals surface area contributed by atoms with Crippen molar-refractivity contribution < 1.29 is 4.74 Å². The Morgan fingerprint density at radius 3 is 2.88 bits per heavy atom. The topological polar surface area (TPSA) is 21.3 Å². The molecule has 1 aromatic carbocycles. The predicted molar refractivity (Wildman–Crippen MR) is 67.6 cm³/mol. The van der Waals surface area contributed by atoms with Crippen molar-refractivity contribution in [2.75, 3.05) is 6.54 Å². The number of halogens is 2. The van der Waals surface area contributed by atoms with E-state index in [1.54, 1.807) is 6.07 Å². The van der Waals surface area contributed by atoms with E-state index < -0.39 is 0 Å². The molecule has 0 amide bonds. The highest BCUT2D eigenvalue weighted by atomic mass is 35.5. The monoisotopic (exact) mass is 259 g/mol. The van der Waals surface area contributed by atoms with Crippen LogP contribution in [0.15, 0.2) is 18.2 Å². The highest BCUT2D eigenvalue weighted by Gasteiger charge is 2.21. The van der Waals surface area contributed by atoms with E-state index >= 15 is 0 Å². The Kier molecular flexibility index (Phi) is 3.95. The van der Waals surface area contributed by atoms with Gasteiger partial charge in [0.25, 0.3) is 0 Å². The Morgan fingerprint density at radius 1 is 1.44 bits per heavy atom. The average Bonchev–Trinajstić information content (AvgIpc) is 3.06. The second-order valence-electron chi connectivity index (χ2n) is 4.16. The van der Waals surface area contributed by atoms with E-state index in [1.165, 1.54) is 12.8 Å². The van der Waals surface area contributed by atoms with Crippen LogP contribution in [0.1, 0.15) is 19.8 Å². The molecule has 1 saturated carbocycles. The number of hydrogen-bond donors (Lipinski definition) is 1. The van der Waals surface area contributed by atoms with Crippen molar-refractivity contribution in [2.45, 2.75) is 31.9 Å². The zero-order valence-electron chi connectivity index (χ0n) is 9.17. The average molecular weight is 260 g/mol. The van der Waals surface area contributed by atoms with Crippen molar-refractivity contribution in [3.8, 4) is 5.75 Å². The highest BCUT2D eigenvalue weighted by Crippen LogP contribution is 2.32. The van der Waals surface area contributed by atoms with Gasteiger partial charge in [-0.1, -0.05) is 29.3 Å². The molecule has 1 unspecified atom stereocenters. The first-order valence-corrected chi connectivity index (χ1v) is 6.26.